The summed E-state index contributed by atoms with van der Waals surface area (Å²) in [5, 5.41) is 0. The second-order valence-corrected chi connectivity index (χ2v) is 10.2. The molecule has 1 aromatic carbocycles. The van der Waals surface area contributed by atoms with Crippen LogP contribution in [0, 0.1) is 5.92 Å². The van der Waals surface area contributed by atoms with Crippen molar-refractivity contribution in [1.82, 2.24) is 4.90 Å². The lowest BCUT2D eigenvalue weighted by Gasteiger charge is -2.60. The summed E-state index contributed by atoms with van der Waals surface area (Å²) in [4.78, 5) is 2.60. The van der Waals surface area contributed by atoms with Crippen LogP contribution in [0.2, 0.25) is 0 Å². The molecule has 3 heterocycles. The molecule has 0 bridgehead atoms. The zero-order valence-electron chi connectivity index (χ0n) is 17.9. The third-order valence-electron chi connectivity index (χ3n) is 8.92. The Balaban J connectivity index is 1.45. The van der Waals surface area contributed by atoms with Crippen LogP contribution in [0.25, 0.3) is 0 Å². The zero-order chi connectivity index (χ0) is 20.1. The molecule has 4 fully saturated rings. The minimum Gasteiger partial charge on any atom is -0.493 e. The molecule has 162 valence electrons. The summed E-state index contributed by atoms with van der Waals surface area (Å²) in [6.07, 6.45) is 6.26. The molecule has 0 amide bonds. The lowest BCUT2D eigenvalue weighted by Crippen LogP contribution is -2.74. The zero-order valence-corrected chi connectivity index (χ0v) is 17.9. The van der Waals surface area contributed by atoms with Gasteiger partial charge in [-0.2, -0.15) is 0 Å². The highest BCUT2D eigenvalue weighted by molar-refractivity contribution is 5.63. The first-order valence-electron chi connectivity index (χ1n) is 11.6. The molecule has 0 radical (unpaired) electrons. The number of likely N-dealkylation sites (N-methyl/N-ethyl adjacent to an activating group) is 1. The van der Waals surface area contributed by atoms with Gasteiger partial charge >= 0.3 is 0 Å². The molecule has 7 rings (SSSR count). The van der Waals surface area contributed by atoms with E-state index in [1.165, 1.54) is 24.0 Å². The number of benzene rings is 1. The number of hydrogen-bond acceptors (Lipinski definition) is 6. The van der Waals surface area contributed by atoms with Gasteiger partial charge in [-0.05, 0) is 56.7 Å². The third kappa shape index (κ3) is 2.00. The Hall–Kier alpha value is -1.34. The number of hydrogen-bond donors (Lipinski definition) is 0. The van der Waals surface area contributed by atoms with E-state index >= 15 is 0 Å². The van der Waals surface area contributed by atoms with Gasteiger partial charge in [-0.3, -0.25) is 4.90 Å². The maximum Gasteiger partial charge on any atom is 0.207 e. The van der Waals surface area contributed by atoms with Crippen LogP contribution in [0.1, 0.15) is 43.2 Å². The number of fused-ring (bicyclic) bond motifs is 1. The fourth-order valence-corrected chi connectivity index (χ4v) is 7.61. The highest BCUT2D eigenvalue weighted by atomic mass is 16.8. The van der Waals surface area contributed by atoms with E-state index in [0.717, 1.165) is 56.3 Å². The van der Waals surface area contributed by atoms with E-state index in [0.29, 0.717) is 19.3 Å². The van der Waals surface area contributed by atoms with E-state index in [2.05, 4.69) is 24.1 Å². The van der Waals surface area contributed by atoms with Crippen molar-refractivity contribution < 1.29 is 23.7 Å². The van der Waals surface area contributed by atoms with Gasteiger partial charge in [0.05, 0.1) is 31.3 Å². The summed E-state index contributed by atoms with van der Waals surface area (Å²) >= 11 is 0. The molecule has 0 N–H and O–H groups in total. The van der Waals surface area contributed by atoms with Crippen molar-refractivity contribution in [3.63, 3.8) is 0 Å². The molecule has 2 saturated heterocycles. The lowest BCUT2D eigenvalue weighted by molar-refractivity contribution is -0.276. The van der Waals surface area contributed by atoms with Gasteiger partial charge in [-0.15, -0.1) is 0 Å². The van der Waals surface area contributed by atoms with Crippen LogP contribution in [0.15, 0.2) is 12.1 Å². The van der Waals surface area contributed by atoms with Crippen LogP contribution in [0.4, 0.5) is 0 Å². The predicted molar refractivity (Wildman–Crippen MR) is 109 cm³/mol. The summed E-state index contributed by atoms with van der Waals surface area (Å²) in [5.41, 5.74) is 2.21. The van der Waals surface area contributed by atoms with E-state index < -0.39 is 5.79 Å². The van der Waals surface area contributed by atoms with Crippen molar-refractivity contribution in [3.8, 4) is 11.5 Å². The highest BCUT2D eigenvalue weighted by Crippen LogP contribution is 2.69. The standard InChI is InChI=1S/C24H31NO5/c1-25(14-15-3-4-15)18-13-16-5-6-17(26-2)20-19(16)22-9-10-27-23(18,22)7-8-24(21(22)30-20)28-11-12-29-24/h5-6,15,18,21H,3-4,7-14H2,1-2H3/t18-,21-,22+,23-/m1/s1. The molecular formula is C24H31NO5. The van der Waals surface area contributed by atoms with Crippen LogP contribution in [0.3, 0.4) is 0 Å². The SMILES string of the molecule is COc1ccc2c3c1O[C@H]1C4(CC[C@@]5(OCC[C@]315)[C@H](N(C)CC1CC1)C2)OCCO4. The van der Waals surface area contributed by atoms with E-state index in [-0.39, 0.29) is 17.1 Å². The van der Waals surface area contributed by atoms with Crippen LogP contribution >= 0.6 is 0 Å². The normalized spacial score (nSPS) is 39.8. The van der Waals surface area contributed by atoms with E-state index in [9.17, 15) is 0 Å². The molecule has 3 aliphatic carbocycles. The summed E-state index contributed by atoms with van der Waals surface area (Å²) in [6.45, 7) is 3.19. The van der Waals surface area contributed by atoms with Crippen LogP contribution < -0.4 is 9.47 Å². The average molecular weight is 414 g/mol. The van der Waals surface area contributed by atoms with Gasteiger partial charge in [0.15, 0.2) is 17.6 Å². The molecule has 6 heteroatoms. The molecule has 4 atom stereocenters. The van der Waals surface area contributed by atoms with Gasteiger partial charge in [0.1, 0.15) is 0 Å². The molecular weight excluding hydrogens is 382 g/mol. The summed E-state index contributed by atoms with van der Waals surface area (Å²) < 4.78 is 32.0. The van der Waals surface area contributed by atoms with Crippen LogP contribution in [-0.2, 0) is 26.0 Å². The van der Waals surface area contributed by atoms with Crippen molar-refractivity contribution in [2.75, 3.05) is 40.5 Å². The molecule has 2 spiro atoms. The van der Waals surface area contributed by atoms with Gasteiger partial charge in [0.25, 0.3) is 0 Å². The Bertz CT molecular complexity index is 894. The fourth-order valence-electron chi connectivity index (χ4n) is 7.61. The van der Waals surface area contributed by atoms with Crippen molar-refractivity contribution in [2.24, 2.45) is 5.92 Å². The molecule has 3 aliphatic heterocycles. The smallest absolute Gasteiger partial charge is 0.207 e. The highest BCUT2D eigenvalue weighted by Gasteiger charge is 2.78. The van der Waals surface area contributed by atoms with Crippen LogP contribution in [-0.4, -0.2) is 69.0 Å². The van der Waals surface area contributed by atoms with Gasteiger partial charge < -0.3 is 23.7 Å². The monoisotopic (exact) mass is 413 g/mol. The van der Waals surface area contributed by atoms with Gasteiger partial charge in [-0.25, -0.2) is 0 Å². The first-order chi connectivity index (χ1) is 14.6. The number of rotatable bonds is 4. The number of ether oxygens (including phenoxy) is 5. The Labute approximate surface area is 177 Å². The van der Waals surface area contributed by atoms with Crippen molar-refractivity contribution in [2.45, 2.75) is 67.5 Å². The minimum atomic E-state index is -0.671. The predicted octanol–water partition coefficient (Wildman–Crippen LogP) is 2.66. The molecule has 6 aliphatic rings. The van der Waals surface area contributed by atoms with Gasteiger partial charge in [-0.1, -0.05) is 6.07 Å². The maximum atomic E-state index is 6.84. The summed E-state index contributed by atoms with van der Waals surface area (Å²) in [7, 11) is 4.04. The molecule has 0 aromatic heterocycles. The maximum absolute atomic E-state index is 6.84. The lowest BCUT2D eigenvalue weighted by atomic mass is 9.50. The number of methoxy groups -OCH3 is 1. The molecule has 1 aromatic rings. The van der Waals surface area contributed by atoms with Gasteiger partial charge in [0.2, 0.25) is 5.79 Å². The molecule has 2 saturated carbocycles. The molecule has 0 unspecified atom stereocenters. The van der Waals surface area contributed by atoms with Crippen LogP contribution in [0.5, 0.6) is 11.5 Å². The fraction of sp³-hybridized carbons (Fsp3) is 0.750. The van der Waals surface area contributed by atoms with Crippen molar-refractivity contribution >= 4 is 0 Å². The Morgan fingerprint density at radius 2 is 1.90 bits per heavy atom. The Kier molecular flexibility index (Phi) is 3.60. The van der Waals surface area contributed by atoms with Crippen molar-refractivity contribution in [1.29, 1.82) is 0 Å². The topological polar surface area (TPSA) is 49.4 Å². The van der Waals surface area contributed by atoms with Crippen molar-refractivity contribution in [3.05, 3.63) is 23.3 Å². The third-order valence-corrected chi connectivity index (χ3v) is 8.92. The quantitative estimate of drug-likeness (QED) is 0.757. The first-order valence-corrected chi connectivity index (χ1v) is 11.6. The first kappa shape index (κ1) is 18.3. The second-order valence-electron chi connectivity index (χ2n) is 10.2. The minimum absolute atomic E-state index is 0.189. The largest absolute Gasteiger partial charge is 0.493 e. The Morgan fingerprint density at radius 3 is 2.67 bits per heavy atom. The average Bonchev–Trinajstić information content (AvgIpc) is 3.17. The van der Waals surface area contributed by atoms with E-state index in [1.54, 1.807) is 7.11 Å². The van der Waals surface area contributed by atoms with E-state index in [1.807, 2.05) is 0 Å². The van der Waals surface area contributed by atoms with E-state index in [4.69, 9.17) is 23.7 Å². The summed E-state index contributed by atoms with van der Waals surface area (Å²) in [6, 6.07) is 4.68. The summed E-state index contributed by atoms with van der Waals surface area (Å²) in [5.74, 6) is 1.90. The van der Waals surface area contributed by atoms with Gasteiger partial charge in [0, 0.05) is 31.2 Å². The second kappa shape index (κ2) is 5.91. The Morgan fingerprint density at radius 1 is 1.07 bits per heavy atom. The molecule has 6 nitrogen and oxygen atoms in total. The molecule has 30 heavy (non-hydrogen) atoms. The number of nitrogens with zero attached hydrogens (tertiary/aromatic N) is 1.